The second-order valence-corrected chi connectivity index (χ2v) is 5.09. The third-order valence-electron chi connectivity index (χ3n) is 2.99. The van der Waals surface area contributed by atoms with Crippen LogP contribution < -0.4 is 5.32 Å². The average Bonchev–Trinajstić information content (AvgIpc) is 2.84. The van der Waals surface area contributed by atoms with Crippen LogP contribution in [0.5, 0.6) is 0 Å². The van der Waals surface area contributed by atoms with Crippen molar-refractivity contribution in [3.8, 4) is 0 Å². The third kappa shape index (κ3) is 3.52. The van der Waals surface area contributed by atoms with Crippen LogP contribution in [0.15, 0.2) is 10.9 Å². The number of carbonyl (C=O) groups excluding carboxylic acids is 2. The summed E-state index contributed by atoms with van der Waals surface area (Å²) in [6.45, 7) is 4.57. The summed E-state index contributed by atoms with van der Waals surface area (Å²) in [5.41, 5.74) is 0. The van der Waals surface area contributed by atoms with E-state index in [-0.39, 0.29) is 18.4 Å². The fourth-order valence-electron chi connectivity index (χ4n) is 2.13. The molecule has 0 saturated carbocycles. The van der Waals surface area contributed by atoms with Crippen LogP contribution in [0.4, 0.5) is 0 Å². The van der Waals surface area contributed by atoms with Crippen LogP contribution in [0.25, 0.3) is 0 Å². The van der Waals surface area contributed by atoms with Gasteiger partial charge in [0.1, 0.15) is 6.04 Å². The molecule has 0 bridgehead atoms. The minimum Gasteiger partial charge on any atom is -0.343 e. The molecule has 0 spiro atoms. The van der Waals surface area contributed by atoms with Gasteiger partial charge < -0.3 is 14.7 Å². The molecule has 2 heterocycles. The molecule has 104 valence electrons. The number of hydrogen-bond donors (Lipinski definition) is 1. The van der Waals surface area contributed by atoms with Crippen LogP contribution in [-0.2, 0) is 16.0 Å². The summed E-state index contributed by atoms with van der Waals surface area (Å²) >= 11 is 0. The van der Waals surface area contributed by atoms with Crippen LogP contribution in [0.1, 0.15) is 26.2 Å². The molecule has 0 aromatic carbocycles. The lowest BCUT2D eigenvalue weighted by molar-refractivity contribution is -0.144. The summed E-state index contributed by atoms with van der Waals surface area (Å²) < 4.78 is 4.88. The lowest BCUT2D eigenvalue weighted by Crippen LogP contribution is -2.58. The SMILES string of the molecule is CC(C)CC1NC(=O)CN(CCc2ncno2)C1=O. The number of nitrogens with one attached hydrogen (secondary N) is 1. The Bertz CT molecular complexity index is 444. The van der Waals surface area contributed by atoms with E-state index in [0.717, 1.165) is 0 Å². The Morgan fingerprint density at radius 2 is 2.32 bits per heavy atom. The molecular weight excluding hydrogens is 248 g/mol. The Morgan fingerprint density at radius 1 is 1.53 bits per heavy atom. The molecule has 1 aromatic rings. The third-order valence-corrected chi connectivity index (χ3v) is 2.99. The van der Waals surface area contributed by atoms with Crippen LogP contribution in [0.3, 0.4) is 0 Å². The number of amides is 2. The van der Waals surface area contributed by atoms with E-state index in [4.69, 9.17) is 4.52 Å². The fourth-order valence-corrected chi connectivity index (χ4v) is 2.13. The van der Waals surface area contributed by atoms with Gasteiger partial charge in [-0.15, -0.1) is 0 Å². The maximum Gasteiger partial charge on any atom is 0.245 e. The molecule has 1 atom stereocenters. The van der Waals surface area contributed by atoms with E-state index in [1.807, 2.05) is 13.8 Å². The molecule has 1 N–H and O–H groups in total. The predicted molar refractivity (Wildman–Crippen MR) is 66.0 cm³/mol. The highest BCUT2D eigenvalue weighted by atomic mass is 16.5. The topological polar surface area (TPSA) is 88.3 Å². The number of hydrogen-bond acceptors (Lipinski definition) is 5. The lowest BCUT2D eigenvalue weighted by Gasteiger charge is -2.33. The van der Waals surface area contributed by atoms with E-state index >= 15 is 0 Å². The molecule has 7 nitrogen and oxygen atoms in total. The molecule has 1 aromatic heterocycles. The highest BCUT2D eigenvalue weighted by molar-refractivity contribution is 5.94. The van der Waals surface area contributed by atoms with Crippen molar-refractivity contribution in [2.24, 2.45) is 5.92 Å². The van der Waals surface area contributed by atoms with Gasteiger partial charge in [-0.3, -0.25) is 9.59 Å². The van der Waals surface area contributed by atoms with Crippen molar-refractivity contribution in [1.82, 2.24) is 20.4 Å². The summed E-state index contributed by atoms with van der Waals surface area (Å²) in [4.78, 5) is 29.3. The van der Waals surface area contributed by atoms with Crippen molar-refractivity contribution >= 4 is 11.8 Å². The molecule has 1 aliphatic heterocycles. The van der Waals surface area contributed by atoms with E-state index in [1.54, 1.807) is 4.90 Å². The monoisotopic (exact) mass is 266 g/mol. The van der Waals surface area contributed by atoms with E-state index in [9.17, 15) is 9.59 Å². The first kappa shape index (κ1) is 13.5. The zero-order chi connectivity index (χ0) is 13.8. The lowest BCUT2D eigenvalue weighted by atomic mass is 10.0. The molecular formula is C12H18N4O3. The highest BCUT2D eigenvalue weighted by Gasteiger charge is 2.32. The quantitative estimate of drug-likeness (QED) is 0.809. The van der Waals surface area contributed by atoms with Crippen molar-refractivity contribution < 1.29 is 14.1 Å². The molecule has 2 amide bonds. The number of rotatable bonds is 5. The van der Waals surface area contributed by atoms with Gasteiger partial charge in [-0.25, -0.2) is 0 Å². The normalized spacial score (nSPS) is 19.9. The van der Waals surface area contributed by atoms with Gasteiger partial charge in [-0.2, -0.15) is 4.98 Å². The van der Waals surface area contributed by atoms with Gasteiger partial charge >= 0.3 is 0 Å². The van der Waals surface area contributed by atoms with Gasteiger partial charge in [0.2, 0.25) is 17.7 Å². The molecule has 1 aliphatic rings. The number of nitrogens with zero attached hydrogens (tertiary/aromatic N) is 3. The number of aromatic nitrogens is 2. The summed E-state index contributed by atoms with van der Waals surface area (Å²) in [7, 11) is 0. The van der Waals surface area contributed by atoms with E-state index in [2.05, 4.69) is 15.5 Å². The van der Waals surface area contributed by atoms with Crippen LogP contribution in [0, 0.1) is 5.92 Å². The van der Waals surface area contributed by atoms with Crippen molar-refractivity contribution in [3.63, 3.8) is 0 Å². The standard InChI is InChI=1S/C12H18N4O3/c1-8(2)5-9-12(18)16(6-10(17)15-9)4-3-11-13-7-14-19-11/h7-9H,3-6H2,1-2H3,(H,15,17). The minimum absolute atomic E-state index is 0.0344. The summed E-state index contributed by atoms with van der Waals surface area (Å²) in [6, 6.07) is -0.413. The Labute approximate surface area is 111 Å². The Balaban J connectivity index is 1.95. The van der Waals surface area contributed by atoms with Gasteiger partial charge in [0, 0.05) is 13.0 Å². The van der Waals surface area contributed by atoms with E-state index < -0.39 is 6.04 Å². The molecule has 2 rings (SSSR count). The van der Waals surface area contributed by atoms with Crippen molar-refractivity contribution in [3.05, 3.63) is 12.2 Å². The largest absolute Gasteiger partial charge is 0.343 e. The van der Waals surface area contributed by atoms with Crippen molar-refractivity contribution in [1.29, 1.82) is 0 Å². The maximum atomic E-state index is 12.2. The van der Waals surface area contributed by atoms with Gasteiger partial charge in [-0.1, -0.05) is 19.0 Å². The average molecular weight is 266 g/mol. The molecule has 0 aliphatic carbocycles. The Morgan fingerprint density at radius 3 is 2.95 bits per heavy atom. The minimum atomic E-state index is -0.413. The zero-order valence-corrected chi connectivity index (χ0v) is 11.1. The van der Waals surface area contributed by atoms with Crippen LogP contribution in [-0.4, -0.2) is 46.0 Å². The summed E-state index contributed by atoms with van der Waals surface area (Å²) in [6.07, 6.45) is 2.44. The van der Waals surface area contributed by atoms with Crippen LogP contribution >= 0.6 is 0 Å². The smallest absolute Gasteiger partial charge is 0.245 e. The van der Waals surface area contributed by atoms with Gasteiger partial charge in [-0.05, 0) is 12.3 Å². The molecule has 0 radical (unpaired) electrons. The van der Waals surface area contributed by atoms with Crippen molar-refractivity contribution in [2.75, 3.05) is 13.1 Å². The summed E-state index contributed by atoms with van der Waals surface area (Å²) in [5.74, 6) is 0.674. The first-order valence-electron chi connectivity index (χ1n) is 6.40. The highest BCUT2D eigenvalue weighted by Crippen LogP contribution is 2.12. The van der Waals surface area contributed by atoms with E-state index in [0.29, 0.717) is 31.2 Å². The maximum absolute atomic E-state index is 12.2. The van der Waals surface area contributed by atoms with Crippen LogP contribution in [0.2, 0.25) is 0 Å². The molecule has 1 unspecified atom stereocenters. The molecule has 7 heteroatoms. The van der Waals surface area contributed by atoms with Gasteiger partial charge in [0.15, 0.2) is 6.33 Å². The first-order valence-corrected chi connectivity index (χ1v) is 6.40. The van der Waals surface area contributed by atoms with Gasteiger partial charge in [0.25, 0.3) is 0 Å². The Kier molecular flexibility index (Phi) is 4.13. The zero-order valence-electron chi connectivity index (χ0n) is 11.1. The fraction of sp³-hybridized carbons (Fsp3) is 0.667. The Hall–Kier alpha value is -1.92. The molecule has 1 saturated heterocycles. The second-order valence-electron chi connectivity index (χ2n) is 5.09. The molecule has 1 fully saturated rings. The second kappa shape index (κ2) is 5.81. The predicted octanol–water partition coefficient (Wildman–Crippen LogP) is -0.0148. The van der Waals surface area contributed by atoms with Gasteiger partial charge in [0.05, 0.1) is 6.54 Å². The summed E-state index contributed by atoms with van der Waals surface area (Å²) in [5, 5.41) is 6.24. The number of piperazine rings is 1. The molecule has 19 heavy (non-hydrogen) atoms. The van der Waals surface area contributed by atoms with Crippen molar-refractivity contribution in [2.45, 2.75) is 32.7 Å². The first-order chi connectivity index (χ1) is 9.06. The van der Waals surface area contributed by atoms with E-state index in [1.165, 1.54) is 6.33 Å². The number of carbonyl (C=O) groups is 2.